The van der Waals surface area contributed by atoms with E-state index in [9.17, 15) is 20.1 Å². The number of benzene rings is 2. The smallest absolute Gasteiger partial charge is 0.303 e. The number of carbonyl (C=O) groups is 2. The van der Waals surface area contributed by atoms with E-state index < -0.39 is 15.5 Å². The zero-order valence-corrected chi connectivity index (χ0v) is 32.7. The van der Waals surface area contributed by atoms with Crippen LogP contribution in [-0.2, 0) is 19.1 Å². The Morgan fingerprint density at radius 2 is 1.14 bits per heavy atom. The van der Waals surface area contributed by atoms with Gasteiger partial charge in [0, 0.05) is 58.8 Å². The Morgan fingerprint density at radius 1 is 0.725 bits per heavy atom. The van der Waals surface area contributed by atoms with Crippen molar-refractivity contribution in [2.75, 3.05) is 46.2 Å². The first-order valence-corrected chi connectivity index (χ1v) is 19.0. The Hall–Kier alpha value is -2.76. The number of hydrogen-bond donors (Lipinski definition) is 4. The second-order valence-electron chi connectivity index (χ2n) is 11.4. The molecule has 0 radical (unpaired) electrons. The minimum atomic E-state index is -0.900. The van der Waals surface area contributed by atoms with Crippen LogP contribution in [0.2, 0.25) is 0 Å². The minimum Gasteiger partial charge on any atom is -0.481 e. The van der Waals surface area contributed by atoms with E-state index in [4.69, 9.17) is 55.0 Å². The fraction of sp³-hybridized carbons (Fsp3) is 0.514. The number of ketones is 1. The summed E-state index contributed by atoms with van der Waals surface area (Å²) in [6.45, 7) is 6.69. The first-order valence-electron chi connectivity index (χ1n) is 16.6. The van der Waals surface area contributed by atoms with Gasteiger partial charge in [-0.05, 0) is 57.1 Å². The average molecular weight is 778 g/mol. The largest absolute Gasteiger partial charge is 0.481 e. The second kappa shape index (κ2) is 29.8. The number of nitrogens with zero attached hydrogens (tertiary/aromatic N) is 2. The van der Waals surface area contributed by atoms with Crippen molar-refractivity contribution < 1.29 is 34.4 Å². The molecule has 2 aromatic rings. The number of thiocarbonyl (C=S) groups is 2. The summed E-state index contributed by atoms with van der Waals surface area (Å²) in [5.41, 5.74) is 6.93. The maximum Gasteiger partial charge on any atom is 0.303 e. The van der Waals surface area contributed by atoms with E-state index in [1.54, 1.807) is 6.92 Å². The molecule has 0 saturated carbocycles. The standard InChI is InChI=1S/C19H25NO3S2.C13H13NO2S2.C5H13NO2/c1-19(15-20,25-18(24)16-7-3-2-4-8-16)11-10-17(22)9-5-13-23-14-6-12-21;1-13(9-14,8-7-11(15)16)18-12(17)10-5-3-2-4-6-10;6-2-5-8-4-1-3-7/h2-4,7-8,21H,5-6,9-14H2,1H3;2-6H,7-8H2,1H3,(H,15,16);7H,1-6H2. The van der Waals surface area contributed by atoms with Crippen LogP contribution in [0.25, 0.3) is 0 Å². The Balaban J connectivity index is 0.000000835. The molecule has 0 aliphatic carbocycles. The van der Waals surface area contributed by atoms with E-state index in [0.29, 0.717) is 79.9 Å². The fourth-order valence-electron chi connectivity index (χ4n) is 3.78. The number of aliphatic hydroxyl groups excluding tert-OH is 2. The zero-order valence-electron chi connectivity index (χ0n) is 29.5. The first-order chi connectivity index (χ1) is 24.4. The average Bonchev–Trinajstić information content (AvgIpc) is 3.14. The molecule has 0 fully saturated rings. The lowest BCUT2D eigenvalue weighted by atomic mass is 10.0. The number of carboxylic acid groups (broad SMARTS) is 1. The monoisotopic (exact) mass is 777 g/mol. The van der Waals surface area contributed by atoms with Crippen LogP contribution in [0.1, 0.15) is 76.3 Å². The predicted molar refractivity (Wildman–Crippen MR) is 214 cm³/mol. The molecule has 2 atom stereocenters. The maximum absolute atomic E-state index is 12.0. The molecule has 2 aromatic carbocycles. The second-order valence-corrected chi connectivity index (χ2v) is 15.8. The fourth-order valence-corrected chi connectivity index (χ4v) is 6.98. The summed E-state index contributed by atoms with van der Waals surface area (Å²) in [6, 6.07) is 23.5. The van der Waals surface area contributed by atoms with Crippen molar-refractivity contribution in [3.63, 3.8) is 0 Å². The van der Waals surface area contributed by atoms with Gasteiger partial charge in [0.25, 0.3) is 0 Å². The van der Waals surface area contributed by atoms with E-state index in [1.807, 2.05) is 67.6 Å². The summed E-state index contributed by atoms with van der Waals surface area (Å²) >= 11 is 13.3. The van der Waals surface area contributed by atoms with Crippen molar-refractivity contribution in [1.82, 2.24) is 0 Å². The summed E-state index contributed by atoms with van der Waals surface area (Å²) in [5.74, 6) is -0.763. The first kappa shape index (κ1) is 48.2. The van der Waals surface area contributed by atoms with Crippen LogP contribution in [0, 0.1) is 22.7 Å². The number of aliphatic carboxylic acids is 1. The van der Waals surface area contributed by atoms with Gasteiger partial charge in [-0.1, -0.05) is 109 Å². The van der Waals surface area contributed by atoms with E-state index in [-0.39, 0.29) is 31.8 Å². The van der Waals surface area contributed by atoms with Crippen molar-refractivity contribution >= 4 is 68.1 Å². The number of carbonyl (C=O) groups excluding carboxylic acids is 1. The number of nitrogens with two attached hydrogens (primary N) is 1. The number of hydrogen-bond acceptors (Lipinski definition) is 13. The Kier molecular flexibility index (Phi) is 28.2. The molecule has 2 unspecified atom stereocenters. The van der Waals surface area contributed by atoms with Gasteiger partial charge in [0.05, 0.1) is 27.1 Å². The lowest BCUT2D eigenvalue weighted by Crippen LogP contribution is -2.21. The molecule has 0 aliphatic heterocycles. The molecular weight excluding hydrogens is 727 g/mol. The van der Waals surface area contributed by atoms with Gasteiger partial charge in [0.1, 0.15) is 15.3 Å². The van der Waals surface area contributed by atoms with Gasteiger partial charge >= 0.3 is 5.97 Å². The molecule has 0 bridgehead atoms. The van der Waals surface area contributed by atoms with E-state index >= 15 is 0 Å². The van der Waals surface area contributed by atoms with Crippen molar-refractivity contribution in [1.29, 1.82) is 10.5 Å². The molecule has 0 spiro atoms. The van der Waals surface area contributed by atoms with Crippen molar-refractivity contribution in [3.05, 3.63) is 71.8 Å². The van der Waals surface area contributed by atoms with E-state index in [1.165, 1.54) is 23.5 Å². The van der Waals surface area contributed by atoms with Crippen molar-refractivity contribution in [2.45, 2.75) is 74.7 Å². The van der Waals surface area contributed by atoms with Gasteiger partial charge in [0.15, 0.2) is 0 Å². The van der Waals surface area contributed by atoms with Gasteiger partial charge in [-0.2, -0.15) is 10.5 Å². The third-order valence-electron chi connectivity index (χ3n) is 6.72. The van der Waals surface area contributed by atoms with E-state index in [2.05, 4.69) is 12.1 Å². The topological polar surface area (TPSA) is 187 Å². The molecule has 0 aromatic heterocycles. The van der Waals surface area contributed by atoms with Crippen LogP contribution in [0.5, 0.6) is 0 Å². The molecule has 51 heavy (non-hydrogen) atoms. The molecule has 5 N–H and O–H groups in total. The summed E-state index contributed by atoms with van der Waals surface area (Å²) in [6.07, 6.45) is 3.53. The lowest BCUT2D eigenvalue weighted by molar-refractivity contribution is -0.137. The third kappa shape index (κ3) is 25.0. The summed E-state index contributed by atoms with van der Waals surface area (Å²) in [4.78, 5) is 22.6. The van der Waals surface area contributed by atoms with Crippen molar-refractivity contribution in [2.24, 2.45) is 5.73 Å². The van der Waals surface area contributed by atoms with Gasteiger partial charge in [-0.25, -0.2) is 0 Å². The SMILES string of the molecule is CC(C#N)(CCC(=O)CCCOCCCO)SC(=S)c1ccccc1.CC(C#N)(CCC(=O)O)SC(=S)c1ccccc1.NCCOCCCO. The van der Waals surface area contributed by atoms with E-state index in [0.717, 1.165) is 11.1 Å². The van der Waals surface area contributed by atoms with Crippen LogP contribution in [0.4, 0.5) is 0 Å². The van der Waals surface area contributed by atoms with Crippen LogP contribution in [0.3, 0.4) is 0 Å². The van der Waals surface area contributed by atoms with Gasteiger partial charge < -0.3 is 30.5 Å². The molecule has 0 heterocycles. The molecule has 14 heteroatoms. The van der Waals surface area contributed by atoms with Crippen LogP contribution in [-0.4, -0.2) is 91.1 Å². The molecule has 2 rings (SSSR count). The summed E-state index contributed by atoms with van der Waals surface area (Å²) in [7, 11) is 0. The summed E-state index contributed by atoms with van der Waals surface area (Å²) in [5, 5.41) is 44.2. The summed E-state index contributed by atoms with van der Waals surface area (Å²) < 4.78 is 10.0. The normalized spacial score (nSPS) is 12.6. The molecule has 280 valence electrons. The van der Waals surface area contributed by atoms with Crippen LogP contribution < -0.4 is 5.73 Å². The number of thioether (sulfide) groups is 2. The predicted octanol–water partition coefficient (Wildman–Crippen LogP) is 6.49. The molecule has 0 aliphatic rings. The Bertz CT molecular complexity index is 1370. The zero-order chi connectivity index (χ0) is 38.4. The molecule has 0 saturated heterocycles. The minimum absolute atomic E-state index is 0.0333. The van der Waals surface area contributed by atoms with Crippen LogP contribution in [0.15, 0.2) is 60.7 Å². The van der Waals surface area contributed by atoms with Gasteiger partial charge in [-0.15, -0.1) is 0 Å². The highest BCUT2D eigenvalue weighted by Crippen LogP contribution is 2.34. The quantitative estimate of drug-likeness (QED) is 0.0750. The lowest BCUT2D eigenvalue weighted by Gasteiger charge is -2.21. The highest BCUT2D eigenvalue weighted by atomic mass is 32.2. The number of Topliss-reactive ketones (excluding diaryl/α,β-unsaturated/α-hetero) is 1. The number of aliphatic hydroxyl groups is 2. The highest BCUT2D eigenvalue weighted by Gasteiger charge is 2.29. The molecular formula is C37H51N3O7S4. The number of carboxylic acids is 1. The Labute approximate surface area is 322 Å². The van der Waals surface area contributed by atoms with Gasteiger partial charge in [0.2, 0.25) is 0 Å². The molecule has 10 nitrogen and oxygen atoms in total. The number of nitriles is 2. The number of ether oxygens (including phenoxy) is 2. The highest BCUT2D eigenvalue weighted by molar-refractivity contribution is 8.25. The van der Waals surface area contributed by atoms with Crippen LogP contribution >= 0.6 is 48.0 Å². The van der Waals surface area contributed by atoms with Gasteiger partial charge in [-0.3, -0.25) is 9.59 Å². The number of rotatable bonds is 22. The molecule has 0 amide bonds. The third-order valence-corrected chi connectivity index (χ3v) is 10.0. The Morgan fingerprint density at radius 3 is 1.53 bits per heavy atom. The van der Waals surface area contributed by atoms with Crippen molar-refractivity contribution in [3.8, 4) is 12.1 Å². The maximum atomic E-state index is 12.0.